The van der Waals surface area contributed by atoms with E-state index in [1.54, 1.807) is 18.2 Å². The molecule has 2 aromatic rings. The van der Waals surface area contributed by atoms with Crippen molar-refractivity contribution in [3.05, 3.63) is 53.6 Å². The summed E-state index contributed by atoms with van der Waals surface area (Å²) in [5.41, 5.74) is 1.14. The second-order valence-electron chi connectivity index (χ2n) is 8.14. The number of rotatable bonds is 11. The summed E-state index contributed by atoms with van der Waals surface area (Å²) < 4.78 is 34.5. The molecule has 34 heavy (non-hydrogen) atoms. The molecule has 0 atom stereocenters. The summed E-state index contributed by atoms with van der Waals surface area (Å²) in [6.45, 7) is -2.07. The lowest BCUT2D eigenvalue weighted by Gasteiger charge is -2.21. The topological polar surface area (TPSA) is 76.7 Å². The third-order valence-electron chi connectivity index (χ3n) is 5.70. The van der Waals surface area contributed by atoms with Crippen LogP contribution >= 0.6 is 11.8 Å². The predicted octanol–water partition coefficient (Wildman–Crippen LogP) is 5.02. The van der Waals surface area contributed by atoms with Crippen molar-refractivity contribution in [1.82, 2.24) is 10.6 Å². The normalized spacial score (nSPS) is 14.0. The average molecular weight is 493 g/mol. The van der Waals surface area contributed by atoms with Crippen molar-refractivity contribution in [2.24, 2.45) is 5.92 Å². The summed E-state index contributed by atoms with van der Waals surface area (Å²) in [5.74, 6) is 0.551. The third kappa shape index (κ3) is 7.90. The minimum Gasteiger partial charge on any atom is -0.493 e. The van der Waals surface area contributed by atoms with E-state index < -0.39 is 6.61 Å². The van der Waals surface area contributed by atoms with Crippen LogP contribution in [-0.4, -0.2) is 37.8 Å². The molecular weight excluding hydrogens is 462 g/mol. The van der Waals surface area contributed by atoms with Gasteiger partial charge in [-0.1, -0.05) is 37.5 Å². The number of carbonyl (C=O) groups is 2. The first kappa shape index (κ1) is 25.8. The van der Waals surface area contributed by atoms with Gasteiger partial charge in [0.25, 0.3) is 5.91 Å². The number of methoxy groups -OCH3 is 1. The molecule has 1 aliphatic carbocycles. The van der Waals surface area contributed by atoms with Crippen molar-refractivity contribution in [3.8, 4) is 11.5 Å². The molecule has 0 saturated heterocycles. The number of ether oxygens (including phenoxy) is 2. The molecule has 0 spiro atoms. The van der Waals surface area contributed by atoms with Gasteiger partial charge in [0.05, 0.1) is 18.4 Å². The van der Waals surface area contributed by atoms with Crippen LogP contribution in [0.2, 0.25) is 0 Å². The molecular formula is C25H30F2N2O4S. The Morgan fingerprint density at radius 3 is 2.56 bits per heavy atom. The summed E-state index contributed by atoms with van der Waals surface area (Å²) in [7, 11) is 1.36. The highest BCUT2D eigenvalue weighted by Crippen LogP contribution is 2.29. The monoisotopic (exact) mass is 492 g/mol. The van der Waals surface area contributed by atoms with Crippen molar-refractivity contribution >= 4 is 23.6 Å². The van der Waals surface area contributed by atoms with Crippen molar-refractivity contribution in [2.45, 2.75) is 50.2 Å². The molecule has 1 fully saturated rings. The Balaban J connectivity index is 1.53. The first-order chi connectivity index (χ1) is 16.5. The standard InChI is InChI=1S/C25H30F2N2O4S/c1-32-21-13-18(11-12-20(21)33-25(26)27)15-29-24(31)19-9-5-6-10-22(19)34-16-23(30)28-14-17-7-3-2-4-8-17/h5-6,9-13,17,25H,2-4,7-8,14-16H2,1H3,(H,28,30)(H,29,31). The maximum Gasteiger partial charge on any atom is 0.387 e. The third-order valence-corrected chi connectivity index (χ3v) is 6.77. The van der Waals surface area contributed by atoms with E-state index in [0.29, 0.717) is 28.5 Å². The molecule has 2 amide bonds. The van der Waals surface area contributed by atoms with Crippen molar-refractivity contribution in [2.75, 3.05) is 19.4 Å². The first-order valence-electron chi connectivity index (χ1n) is 11.3. The highest BCUT2D eigenvalue weighted by atomic mass is 32.2. The van der Waals surface area contributed by atoms with Gasteiger partial charge < -0.3 is 20.1 Å². The fourth-order valence-electron chi connectivity index (χ4n) is 3.92. The van der Waals surface area contributed by atoms with E-state index in [2.05, 4.69) is 15.4 Å². The van der Waals surface area contributed by atoms with E-state index in [4.69, 9.17) is 4.74 Å². The Morgan fingerprint density at radius 1 is 1.06 bits per heavy atom. The highest BCUT2D eigenvalue weighted by molar-refractivity contribution is 8.00. The number of halogens is 2. The fourth-order valence-corrected chi connectivity index (χ4v) is 4.80. The zero-order valence-corrected chi connectivity index (χ0v) is 20.0. The smallest absolute Gasteiger partial charge is 0.387 e. The Kier molecular flexibility index (Phi) is 10.00. The molecule has 184 valence electrons. The van der Waals surface area contributed by atoms with Gasteiger partial charge in [0.1, 0.15) is 0 Å². The lowest BCUT2D eigenvalue weighted by molar-refractivity contribution is -0.118. The van der Waals surface area contributed by atoms with E-state index in [0.717, 1.165) is 0 Å². The molecule has 2 aromatic carbocycles. The summed E-state index contributed by atoms with van der Waals surface area (Å²) in [4.78, 5) is 25.8. The molecule has 2 N–H and O–H groups in total. The number of hydrogen-bond acceptors (Lipinski definition) is 5. The molecule has 0 bridgehead atoms. The van der Waals surface area contributed by atoms with Crippen LogP contribution in [0, 0.1) is 5.92 Å². The van der Waals surface area contributed by atoms with Crippen LogP contribution in [0.4, 0.5) is 8.78 Å². The second kappa shape index (κ2) is 13.2. The number of thioether (sulfide) groups is 1. The molecule has 0 radical (unpaired) electrons. The highest BCUT2D eigenvalue weighted by Gasteiger charge is 2.16. The van der Waals surface area contributed by atoms with E-state index in [1.807, 2.05) is 12.1 Å². The molecule has 1 saturated carbocycles. The SMILES string of the molecule is COc1cc(CNC(=O)c2ccccc2SCC(=O)NCC2CCCCC2)ccc1OC(F)F. The second-order valence-corrected chi connectivity index (χ2v) is 9.16. The predicted molar refractivity (Wildman–Crippen MR) is 128 cm³/mol. The number of amides is 2. The Labute approximate surface area is 202 Å². The van der Waals surface area contributed by atoms with Crippen LogP contribution in [0.1, 0.15) is 48.0 Å². The van der Waals surface area contributed by atoms with Crippen molar-refractivity contribution < 1.29 is 27.8 Å². The zero-order valence-electron chi connectivity index (χ0n) is 19.2. The molecule has 0 unspecified atom stereocenters. The number of hydrogen-bond donors (Lipinski definition) is 2. The maximum absolute atomic E-state index is 12.8. The summed E-state index contributed by atoms with van der Waals surface area (Å²) >= 11 is 1.33. The number of carbonyl (C=O) groups excluding carboxylic acids is 2. The van der Waals surface area contributed by atoms with E-state index >= 15 is 0 Å². The molecule has 0 heterocycles. The summed E-state index contributed by atoms with van der Waals surface area (Å²) in [6, 6.07) is 11.6. The summed E-state index contributed by atoms with van der Waals surface area (Å²) in [6.07, 6.45) is 6.09. The van der Waals surface area contributed by atoms with Gasteiger partial charge in [-0.15, -0.1) is 11.8 Å². The van der Waals surface area contributed by atoms with Gasteiger partial charge in [0, 0.05) is 18.0 Å². The minimum absolute atomic E-state index is 0.0380. The van der Waals surface area contributed by atoms with E-state index in [9.17, 15) is 18.4 Å². The van der Waals surface area contributed by atoms with Crippen LogP contribution in [-0.2, 0) is 11.3 Å². The first-order valence-corrected chi connectivity index (χ1v) is 12.3. The minimum atomic E-state index is -2.96. The maximum atomic E-state index is 12.8. The van der Waals surface area contributed by atoms with Crippen LogP contribution < -0.4 is 20.1 Å². The van der Waals surface area contributed by atoms with Gasteiger partial charge in [-0.3, -0.25) is 9.59 Å². The largest absolute Gasteiger partial charge is 0.493 e. The molecule has 9 heteroatoms. The van der Waals surface area contributed by atoms with Crippen LogP contribution in [0.25, 0.3) is 0 Å². The Bertz CT molecular complexity index is 968. The average Bonchev–Trinajstić information content (AvgIpc) is 2.85. The van der Waals surface area contributed by atoms with Gasteiger partial charge >= 0.3 is 6.61 Å². The lowest BCUT2D eigenvalue weighted by atomic mass is 9.89. The summed E-state index contributed by atoms with van der Waals surface area (Å²) in [5, 5.41) is 5.84. The molecule has 0 aliphatic heterocycles. The molecule has 0 aromatic heterocycles. The Hall–Kier alpha value is -2.81. The van der Waals surface area contributed by atoms with Gasteiger partial charge in [0.2, 0.25) is 5.91 Å². The Morgan fingerprint density at radius 2 is 1.82 bits per heavy atom. The zero-order chi connectivity index (χ0) is 24.3. The van der Waals surface area contributed by atoms with Crippen LogP contribution in [0.15, 0.2) is 47.4 Å². The van der Waals surface area contributed by atoms with Crippen LogP contribution in [0.3, 0.4) is 0 Å². The number of alkyl halides is 2. The lowest BCUT2D eigenvalue weighted by Crippen LogP contribution is -2.31. The van der Waals surface area contributed by atoms with Gasteiger partial charge in [-0.25, -0.2) is 0 Å². The van der Waals surface area contributed by atoms with Gasteiger partial charge in [-0.05, 0) is 48.6 Å². The number of nitrogens with one attached hydrogen (secondary N) is 2. The molecule has 1 aliphatic rings. The van der Waals surface area contributed by atoms with Crippen molar-refractivity contribution in [1.29, 1.82) is 0 Å². The van der Waals surface area contributed by atoms with Crippen molar-refractivity contribution in [3.63, 3.8) is 0 Å². The van der Waals surface area contributed by atoms with Crippen LogP contribution in [0.5, 0.6) is 11.5 Å². The quantitative estimate of drug-likeness (QED) is 0.431. The molecule has 3 rings (SSSR count). The van der Waals surface area contributed by atoms with E-state index in [-0.39, 0.29) is 35.6 Å². The number of benzene rings is 2. The molecule has 6 nitrogen and oxygen atoms in total. The fraction of sp³-hybridized carbons (Fsp3) is 0.440. The van der Waals surface area contributed by atoms with Gasteiger partial charge in [-0.2, -0.15) is 8.78 Å². The van der Waals surface area contributed by atoms with E-state index in [1.165, 1.54) is 63.1 Å². The van der Waals surface area contributed by atoms with Gasteiger partial charge in [0.15, 0.2) is 11.5 Å².